The summed E-state index contributed by atoms with van der Waals surface area (Å²) < 4.78 is 0. The van der Waals surface area contributed by atoms with Crippen molar-refractivity contribution in [2.75, 3.05) is 0 Å². The van der Waals surface area contributed by atoms with E-state index in [0.717, 1.165) is 0 Å². The fourth-order valence-corrected chi connectivity index (χ4v) is 3.74. The van der Waals surface area contributed by atoms with Crippen LogP contribution in [0, 0.1) is 0 Å². The predicted octanol–water partition coefficient (Wildman–Crippen LogP) is 5.94. The standard InChI is InChI=1S/C22H20/c1-15-13-17-7-3-5-9-21(17)19(15)11-12-20-16(2)14-18-8-4-6-10-22(18)20/h3-14,19-20H,1-2H3. The summed E-state index contributed by atoms with van der Waals surface area (Å²) in [6, 6.07) is 17.4. The van der Waals surface area contributed by atoms with Crippen LogP contribution < -0.4 is 0 Å². The van der Waals surface area contributed by atoms with Crippen molar-refractivity contribution in [2.24, 2.45) is 0 Å². The Bertz CT molecular complexity index is 748. The van der Waals surface area contributed by atoms with Crippen LogP contribution >= 0.6 is 0 Å². The summed E-state index contributed by atoms with van der Waals surface area (Å²) in [7, 11) is 0. The molecular formula is C22H20. The number of allylic oxidation sites excluding steroid dienone is 4. The van der Waals surface area contributed by atoms with Crippen molar-refractivity contribution in [2.45, 2.75) is 25.7 Å². The van der Waals surface area contributed by atoms with Gasteiger partial charge in [-0.2, -0.15) is 0 Å². The molecule has 0 radical (unpaired) electrons. The summed E-state index contributed by atoms with van der Waals surface area (Å²) in [5.74, 6) is 0.855. The van der Waals surface area contributed by atoms with Gasteiger partial charge in [0.25, 0.3) is 0 Å². The average molecular weight is 284 g/mol. The summed E-state index contributed by atoms with van der Waals surface area (Å²) >= 11 is 0. The van der Waals surface area contributed by atoms with E-state index in [1.807, 2.05) is 0 Å². The highest BCUT2D eigenvalue weighted by Gasteiger charge is 2.22. The fourth-order valence-electron chi connectivity index (χ4n) is 3.74. The highest BCUT2D eigenvalue weighted by atomic mass is 14.3. The summed E-state index contributed by atoms with van der Waals surface area (Å²) in [6.07, 6.45) is 9.41. The molecule has 2 aromatic carbocycles. The maximum Gasteiger partial charge on any atom is 0.0235 e. The van der Waals surface area contributed by atoms with E-state index in [9.17, 15) is 0 Å². The lowest BCUT2D eigenvalue weighted by molar-refractivity contribution is 0.971. The second-order valence-electron chi connectivity index (χ2n) is 6.37. The van der Waals surface area contributed by atoms with Crippen LogP contribution in [0.4, 0.5) is 0 Å². The van der Waals surface area contributed by atoms with E-state index in [1.165, 1.54) is 33.4 Å². The third kappa shape index (κ3) is 2.07. The predicted molar refractivity (Wildman–Crippen MR) is 94.8 cm³/mol. The molecule has 108 valence electrons. The molecule has 2 atom stereocenters. The molecule has 0 amide bonds. The van der Waals surface area contributed by atoms with Crippen LogP contribution in [-0.4, -0.2) is 0 Å². The lowest BCUT2D eigenvalue weighted by Crippen LogP contribution is -1.96. The van der Waals surface area contributed by atoms with E-state index >= 15 is 0 Å². The largest absolute Gasteiger partial charge is 0.0760 e. The van der Waals surface area contributed by atoms with E-state index in [4.69, 9.17) is 0 Å². The monoisotopic (exact) mass is 284 g/mol. The van der Waals surface area contributed by atoms with Gasteiger partial charge in [0, 0.05) is 11.8 Å². The first-order valence-corrected chi connectivity index (χ1v) is 7.96. The minimum atomic E-state index is 0.428. The second kappa shape index (κ2) is 5.14. The van der Waals surface area contributed by atoms with Crippen LogP contribution in [0.15, 0.2) is 71.8 Å². The van der Waals surface area contributed by atoms with Gasteiger partial charge >= 0.3 is 0 Å². The topological polar surface area (TPSA) is 0 Å². The lowest BCUT2D eigenvalue weighted by Gasteiger charge is -2.13. The van der Waals surface area contributed by atoms with Crippen LogP contribution in [-0.2, 0) is 0 Å². The van der Waals surface area contributed by atoms with Gasteiger partial charge in [0.05, 0.1) is 0 Å². The minimum absolute atomic E-state index is 0.428. The molecule has 2 aromatic rings. The summed E-state index contributed by atoms with van der Waals surface area (Å²) in [5, 5.41) is 0. The van der Waals surface area contributed by atoms with Crippen LogP contribution in [0.3, 0.4) is 0 Å². The van der Waals surface area contributed by atoms with E-state index in [-0.39, 0.29) is 0 Å². The smallest absolute Gasteiger partial charge is 0.0235 e. The van der Waals surface area contributed by atoms with Crippen LogP contribution in [0.5, 0.6) is 0 Å². The van der Waals surface area contributed by atoms with Gasteiger partial charge in [-0.25, -0.2) is 0 Å². The van der Waals surface area contributed by atoms with Crippen molar-refractivity contribution in [3.63, 3.8) is 0 Å². The maximum atomic E-state index is 2.39. The highest BCUT2D eigenvalue weighted by molar-refractivity contribution is 5.69. The molecule has 0 aliphatic heterocycles. The Hall–Kier alpha value is -2.34. The quantitative estimate of drug-likeness (QED) is 0.598. The van der Waals surface area contributed by atoms with Crippen molar-refractivity contribution in [3.8, 4) is 0 Å². The molecule has 0 spiro atoms. The molecule has 0 saturated carbocycles. The van der Waals surface area contributed by atoms with Crippen molar-refractivity contribution in [1.82, 2.24) is 0 Å². The first kappa shape index (κ1) is 13.3. The van der Waals surface area contributed by atoms with Gasteiger partial charge in [-0.05, 0) is 36.1 Å². The van der Waals surface area contributed by atoms with Gasteiger partial charge < -0.3 is 0 Å². The first-order chi connectivity index (χ1) is 10.7. The van der Waals surface area contributed by atoms with E-state index in [0.29, 0.717) is 11.8 Å². The zero-order valence-corrected chi connectivity index (χ0v) is 13.1. The summed E-state index contributed by atoms with van der Waals surface area (Å²) in [5.41, 5.74) is 8.48. The molecule has 0 fully saturated rings. The zero-order chi connectivity index (χ0) is 15.1. The second-order valence-corrected chi connectivity index (χ2v) is 6.37. The van der Waals surface area contributed by atoms with Crippen LogP contribution in [0.2, 0.25) is 0 Å². The Labute approximate surface area is 132 Å². The number of fused-ring (bicyclic) bond motifs is 2. The number of hydrogen-bond donors (Lipinski definition) is 0. The van der Waals surface area contributed by atoms with E-state index in [1.54, 1.807) is 0 Å². The van der Waals surface area contributed by atoms with Gasteiger partial charge in [0.2, 0.25) is 0 Å². The minimum Gasteiger partial charge on any atom is -0.0760 e. The third-order valence-electron chi connectivity index (χ3n) is 4.91. The SMILES string of the molecule is CC1=Cc2ccccc2C1C=CC1C(C)=Cc2ccccc21. The van der Waals surface area contributed by atoms with Gasteiger partial charge in [-0.15, -0.1) is 0 Å². The molecule has 2 unspecified atom stereocenters. The molecule has 2 aliphatic carbocycles. The van der Waals surface area contributed by atoms with Crippen molar-refractivity contribution < 1.29 is 0 Å². The molecule has 4 rings (SSSR count). The number of benzene rings is 2. The molecule has 0 heterocycles. The Morgan fingerprint density at radius 2 is 1.05 bits per heavy atom. The molecule has 0 aromatic heterocycles. The third-order valence-corrected chi connectivity index (χ3v) is 4.91. The maximum absolute atomic E-state index is 2.39. The Morgan fingerprint density at radius 1 is 0.636 bits per heavy atom. The normalized spacial score (nSPS) is 22.5. The van der Waals surface area contributed by atoms with Gasteiger partial charge in [0.15, 0.2) is 0 Å². The van der Waals surface area contributed by atoms with Gasteiger partial charge in [-0.3, -0.25) is 0 Å². The van der Waals surface area contributed by atoms with E-state index in [2.05, 4.69) is 86.7 Å². The average Bonchev–Trinajstić information content (AvgIpc) is 3.01. The summed E-state index contributed by atoms with van der Waals surface area (Å²) in [4.78, 5) is 0. The van der Waals surface area contributed by atoms with Crippen LogP contribution in [0.1, 0.15) is 47.9 Å². The lowest BCUT2D eigenvalue weighted by atomic mass is 9.91. The Morgan fingerprint density at radius 3 is 1.50 bits per heavy atom. The summed E-state index contributed by atoms with van der Waals surface area (Å²) in [6.45, 7) is 4.47. The van der Waals surface area contributed by atoms with E-state index < -0.39 is 0 Å². The number of hydrogen-bond acceptors (Lipinski definition) is 0. The molecular weight excluding hydrogens is 264 g/mol. The number of rotatable bonds is 2. The zero-order valence-electron chi connectivity index (χ0n) is 13.1. The fraction of sp³-hybridized carbons (Fsp3) is 0.182. The molecule has 0 saturated heterocycles. The molecule has 0 N–H and O–H groups in total. The van der Waals surface area contributed by atoms with Crippen molar-refractivity contribution in [1.29, 1.82) is 0 Å². The van der Waals surface area contributed by atoms with Crippen molar-refractivity contribution in [3.05, 3.63) is 94.1 Å². The van der Waals surface area contributed by atoms with Gasteiger partial charge in [0.1, 0.15) is 0 Å². The van der Waals surface area contributed by atoms with Gasteiger partial charge in [-0.1, -0.05) is 84.0 Å². The Kier molecular flexibility index (Phi) is 3.11. The first-order valence-electron chi connectivity index (χ1n) is 7.96. The molecule has 22 heavy (non-hydrogen) atoms. The van der Waals surface area contributed by atoms with Crippen LogP contribution in [0.25, 0.3) is 12.2 Å². The van der Waals surface area contributed by atoms with Crippen molar-refractivity contribution >= 4 is 12.2 Å². The molecule has 0 bridgehead atoms. The molecule has 0 heteroatoms. The molecule has 2 aliphatic rings. The molecule has 0 nitrogen and oxygen atoms in total. The highest BCUT2D eigenvalue weighted by Crippen LogP contribution is 2.40. The Balaban J connectivity index is 1.67.